The average Bonchev–Trinajstić information content (AvgIpc) is 3.08. The van der Waals surface area contributed by atoms with Crippen LogP contribution in [0.25, 0.3) is 0 Å². The van der Waals surface area contributed by atoms with Gasteiger partial charge in [-0.25, -0.2) is 13.2 Å². The van der Waals surface area contributed by atoms with Gasteiger partial charge in [0, 0.05) is 31.2 Å². The van der Waals surface area contributed by atoms with Crippen LogP contribution < -0.4 is 0 Å². The van der Waals surface area contributed by atoms with Gasteiger partial charge in [0.1, 0.15) is 6.17 Å². The Labute approximate surface area is 159 Å². The maximum Gasteiger partial charge on any atom is 0.321 e. The van der Waals surface area contributed by atoms with Gasteiger partial charge in [-0.1, -0.05) is 25.4 Å². The summed E-state index contributed by atoms with van der Waals surface area (Å²) >= 11 is 5.87. The van der Waals surface area contributed by atoms with E-state index in [9.17, 15) is 13.2 Å². The summed E-state index contributed by atoms with van der Waals surface area (Å²) in [7, 11) is -3.71. The van der Waals surface area contributed by atoms with E-state index < -0.39 is 16.2 Å². The SMILES string of the molecule is CC(C)C1N(C(=O)N2CCOCC2)CCN1S(=O)(=O)c1ccc(Cl)cc1. The van der Waals surface area contributed by atoms with Crippen molar-refractivity contribution >= 4 is 27.7 Å². The molecule has 1 aromatic rings. The molecular weight excluding hydrogens is 378 g/mol. The number of hydrogen-bond acceptors (Lipinski definition) is 4. The number of urea groups is 1. The summed E-state index contributed by atoms with van der Waals surface area (Å²) in [5.41, 5.74) is 0. The maximum atomic E-state index is 13.1. The lowest BCUT2D eigenvalue weighted by Crippen LogP contribution is -2.53. The van der Waals surface area contributed by atoms with Crippen LogP contribution in [0.5, 0.6) is 0 Å². The summed E-state index contributed by atoms with van der Waals surface area (Å²) in [6.07, 6.45) is -0.508. The van der Waals surface area contributed by atoms with Gasteiger partial charge in [-0.2, -0.15) is 4.31 Å². The van der Waals surface area contributed by atoms with Crippen molar-refractivity contribution in [1.82, 2.24) is 14.1 Å². The van der Waals surface area contributed by atoms with Crippen molar-refractivity contribution in [1.29, 1.82) is 0 Å². The molecular formula is C17H24ClN3O4S. The van der Waals surface area contributed by atoms with Crippen LogP contribution in [0.1, 0.15) is 13.8 Å². The van der Waals surface area contributed by atoms with Crippen LogP contribution in [0.2, 0.25) is 5.02 Å². The fourth-order valence-electron chi connectivity index (χ4n) is 3.47. The van der Waals surface area contributed by atoms with E-state index in [1.807, 2.05) is 13.8 Å². The van der Waals surface area contributed by atoms with Gasteiger partial charge in [-0.15, -0.1) is 0 Å². The highest BCUT2D eigenvalue weighted by molar-refractivity contribution is 7.89. The minimum absolute atomic E-state index is 0.0374. The highest BCUT2D eigenvalue weighted by Gasteiger charge is 2.44. The fraction of sp³-hybridized carbons (Fsp3) is 0.588. The zero-order chi connectivity index (χ0) is 18.9. The van der Waals surface area contributed by atoms with Gasteiger partial charge in [0.05, 0.1) is 18.1 Å². The van der Waals surface area contributed by atoms with Crippen molar-refractivity contribution in [2.75, 3.05) is 39.4 Å². The molecule has 2 saturated heterocycles. The van der Waals surface area contributed by atoms with Gasteiger partial charge in [0.25, 0.3) is 0 Å². The first-order valence-corrected chi connectivity index (χ1v) is 10.5. The minimum Gasteiger partial charge on any atom is -0.378 e. The molecule has 0 bridgehead atoms. The third-order valence-electron chi connectivity index (χ3n) is 4.72. The average molecular weight is 402 g/mol. The Hall–Kier alpha value is -1.35. The molecule has 1 unspecified atom stereocenters. The number of sulfonamides is 1. The van der Waals surface area contributed by atoms with Gasteiger partial charge in [-0.05, 0) is 30.2 Å². The Morgan fingerprint density at radius 3 is 2.31 bits per heavy atom. The molecule has 0 aromatic heterocycles. The Morgan fingerprint density at radius 1 is 1.12 bits per heavy atom. The first-order chi connectivity index (χ1) is 12.3. The van der Waals surface area contributed by atoms with E-state index in [-0.39, 0.29) is 23.4 Å². The number of carbonyl (C=O) groups is 1. The molecule has 2 aliphatic heterocycles. The van der Waals surface area contributed by atoms with Crippen LogP contribution in [0.4, 0.5) is 4.79 Å². The van der Waals surface area contributed by atoms with Gasteiger partial charge in [0.15, 0.2) is 0 Å². The van der Waals surface area contributed by atoms with Crippen molar-refractivity contribution in [2.24, 2.45) is 5.92 Å². The predicted octanol–water partition coefficient (Wildman–Crippen LogP) is 2.08. The highest BCUT2D eigenvalue weighted by atomic mass is 35.5. The molecule has 0 aliphatic carbocycles. The van der Waals surface area contributed by atoms with Crippen LogP contribution >= 0.6 is 11.6 Å². The second kappa shape index (κ2) is 7.72. The van der Waals surface area contributed by atoms with E-state index in [2.05, 4.69) is 0 Å². The van der Waals surface area contributed by atoms with E-state index in [4.69, 9.17) is 16.3 Å². The van der Waals surface area contributed by atoms with Crippen molar-refractivity contribution in [3.8, 4) is 0 Å². The summed E-state index contributed by atoms with van der Waals surface area (Å²) in [6, 6.07) is 6.00. The van der Waals surface area contributed by atoms with Gasteiger partial charge < -0.3 is 14.5 Å². The molecule has 0 spiro atoms. The quantitative estimate of drug-likeness (QED) is 0.777. The molecule has 0 N–H and O–H groups in total. The van der Waals surface area contributed by atoms with Crippen LogP contribution in [0.15, 0.2) is 29.2 Å². The molecule has 1 atom stereocenters. The van der Waals surface area contributed by atoms with Gasteiger partial charge >= 0.3 is 6.03 Å². The molecule has 144 valence electrons. The largest absolute Gasteiger partial charge is 0.378 e. The molecule has 9 heteroatoms. The molecule has 7 nitrogen and oxygen atoms in total. The number of hydrogen-bond donors (Lipinski definition) is 0. The van der Waals surface area contributed by atoms with Crippen LogP contribution in [0.3, 0.4) is 0 Å². The lowest BCUT2D eigenvalue weighted by molar-refractivity contribution is 0.0370. The van der Waals surface area contributed by atoms with Crippen molar-refractivity contribution in [3.05, 3.63) is 29.3 Å². The van der Waals surface area contributed by atoms with E-state index in [1.54, 1.807) is 21.9 Å². The first-order valence-electron chi connectivity index (χ1n) is 8.73. The number of halogens is 1. The number of nitrogens with zero attached hydrogens (tertiary/aromatic N) is 3. The van der Waals surface area contributed by atoms with E-state index in [0.717, 1.165) is 0 Å². The normalized spacial score (nSPS) is 22.2. The van der Waals surface area contributed by atoms with Crippen LogP contribution in [-0.4, -0.2) is 74.1 Å². The Bertz CT molecular complexity index is 748. The summed E-state index contributed by atoms with van der Waals surface area (Å²) in [5, 5.41) is 0.481. The molecule has 3 rings (SSSR count). The topological polar surface area (TPSA) is 70.2 Å². The lowest BCUT2D eigenvalue weighted by atomic mass is 10.1. The summed E-state index contributed by atoms with van der Waals surface area (Å²) in [4.78, 5) is 16.5. The van der Waals surface area contributed by atoms with E-state index in [1.165, 1.54) is 16.4 Å². The van der Waals surface area contributed by atoms with Crippen molar-refractivity contribution in [2.45, 2.75) is 24.9 Å². The number of ether oxygens (including phenoxy) is 1. The summed E-state index contributed by atoms with van der Waals surface area (Å²) < 4.78 is 33.0. The van der Waals surface area contributed by atoms with Gasteiger partial charge in [-0.3, -0.25) is 0 Å². The van der Waals surface area contributed by atoms with Crippen molar-refractivity contribution < 1.29 is 17.9 Å². The molecule has 1 aromatic carbocycles. The number of rotatable bonds is 3. The minimum atomic E-state index is -3.71. The number of morpholine rings is 1. The third-order valence-corrected chi connectivity index (χ3v) is 6.86. The van der Waals surface area contributed by atoms with Gasteiger partial charge in [0.2, 0.25) is 10.0 Å². The molecule has 2 aliphatic rings. The molecule has 2 amide bonds. The van der Waals surface area contributed by atoms with Crippen LogP contribution in [-0.2, 0) is 14.8 Å². The fourth-order valence-corrected chi connectivity index (χ4v) is 5.31. The maximum absolute atomic E-state index is 13.1. The summed E-state index contributed by atoms with van der Waals surface area (Å²) in [5.74, 6) is -0.0374. The Balaban J connectivity index is 1.86. The molecule has 2 fully saturated rings. The molecule has 26 heavy (non-hydrogen) atoms. The lowest BCUT2D eigenvalue weighted by Gasteiger charge is -2.37. The van der Waals surface area contributed by atoms with E-state index >= 15 is 0 Å². The third kappa shape index (κ3) is 3.69. The van der Waals surface area contributed by atoms with Crippen molar-refractivity contribution in [3.63, 3.8) is 0 Å². The Kier molecular flexibility index (Phi) is 5.76. The standard InChI is InChI=1S/C17H24ClN3O4S/c1-13(2)16-20(17(22)19-9-11-25-12-10-19)7-8-21(16)26(23,24)15-5-3-14(18)4-6-15/h3-6,13,16H,7-12H2,1-2H3. The first kappa shape index (κ1) is 19.4. The second-order valence-corrected chi connectivity index (χ2v) is 9.13. The number of amides is 2. The zero-order valence-electron chi connectivity index (χ0n) is 15.0. The Morgan fingerprint density at radius 2 is 1.73 bits per heavy atom. The highest BCUT2D eigenvalue weighted by Crippen LogP contribution is 2.30. The molecule has 2 heterocycles. The monoisotopic (exact) mass is 401 g/mol. The second-order valence-electron chi connectivity index (χ2n) is 6.80. The predicted molar refractivity (Wildman–Crippen MR) is 98.5 cm³/mol. The summed E-state index contributed by atoms with van der Waals surface area (Å²) in [6.45, 7) is 6.61. The number of benzene rings is 1. The van der Waals surface area contributed by atoms with E-state index in [0.29, 0.717) is 37.9 Å². The smallest absolute Gasteiger partial charge is 0.321 e. The van der Waals surface area contributed by atoms with Crippen LogP contribution in [0, 0.1) is 5.92 Å². The molecule has 0 saturated carbocycles. The molecule has 0 radical (unpaired) electrons. The zero-order valence-corrected chi connectivity index (χ0v) is 16.5. The number of carbonyl (C=O) groups excluding carboxylic acids is 1.